The third kappa shape index (κ3) is 2.71. The summed E-state index contributed by atoms with van der Waals surface area (Å²) in [5.41, 5.74) is 5.38. The van der Waals surface area contributed by atoms with Gasteiger partial charge in [0.2, 0.25) is 0 Å². The highest BCUT2D eigenvalue weighted by atomic mass is 32.2. The lowest BCUT2D eigenvalue weighted by Crippen LogP contribution is -2.55. The fraction of sp³-hybridized carbons (Fsp3) is 0.778. The van der Waals surface area contributed by atoms with Crippen molar-refractivity contribution in [3.63, 3.8) is 0 Å². The molecule has 0 saturated carbocycles. The number of sulfone groups is 1. The highest BCUT2D eigenvalue weighted by molar-refractivity contribution is 7.91. The van der Waals surface area contributed by atoms with E-state index in [1.54, 1.807) is 0 Å². The van der Waals surface area contributed by atoms with Crippen molar-refractivity contribution in [3.8, 4) is 12.3 Å². The highest BCUT2D eigenvalue weighted by Gasteiger charge is 2.35. The van der Waals surface area contributed by atoms with Crippen LogP contribution >= 0.6 is 0 Å². The average molecular weight is 216 g/mol. The van der Waals surface area contributed by atoms with E-state index in [0.29, 0.717) is 25.9 Å². The monoisotopic (exact) mass is 216 g/mol. The summed E-state index contributed by atoms with van der Waals surface area (Å²) in [4.78, 5) is 0. The van der Waals surface area contributed by atoms with Crippen LogP contribution in [0, 0.1) is 12.3 Å². The summed E-state index contributed by atoms with van der Waals surface area (Å²) in [6, 6.07) is 0. The van der Waals surface area contributed by atoms with Gasteiger partial charge >= 0.3 is 0 Å². The molecule has 1 heterocycles. The molecule has 5 heteroatoms. The Morgan fingerprint density at radius 3 is 2.43 bits per heavy atom. The quantitative estimate of drug-likeness (QED) is 0.601. The van der Waals surface area contributed by atoms with E-state index in [-0.39, 0.29) is 17.0 Å². The molecule has 1 aliphatic heterocycles. The van der Waals surface area contributed by atoms with Crippen molar-refractivity contribution in [1.29, 1.82) is 0 Å². The zero-order valence-electron chi connectivity index (χ0n) is 8.12. The van der Waals surface area contributed by atoms with Crippen molar-refractivity contribution in [3.05, 3.63) is 0 Å². The Kier molecular flexibility index (Phi) is 3.53. The number of hydrogen-bond acceptors (Lipinski definition) is 4. The van der Waals surface area contributed by atoms with Crippen molar-refractivity contribution in [2.45, 2.75) is 18.4 Å². The zero-order chi connectivity index (χ0) is 10.7. The lowest BCUT2D eigenvalue weighted by atomic mass is 9.92. The fourth-order valence-electron chi connectivity index (χ4n) is 1.62. The lowest BCUT2D eigenvalue weighted by molar-refractivity contribution is 0.316. The van der Waals surface area contributed by atoms with Crippen molar-refractivity contribution >= 4 is 9.84 Å². The van der Waals surface area contributed by atoms with Crippen molar-refractivity contribution in [1.82, 2.24) is 5.32 Å². The van der Waals surface area contributed by atoms with E-state index in [2.05, 4.69) is 11.2 Å². The molecule has 0 radical (unpaired) electrons. The molecule has 0 spiro atoms. The molecule has 0 aliphatic carbocycles. The summed E-state index contributed by atoms with van der Waals surface area (Å²) in [5, 5.41) is 3.15. The predicted octanol–water partition coefficient (Wildman–Crippen LogP) is -0.885. The molecule has 1 fully saturated rings. The van der Waals surface area contributed by atoms with E-state index < -0.39 is 9.84 Å². The van der Waals surface area contributed by atoms with Crippen LogP contribution in [0.3, 0.4) is 0 Å². The smallest absolute Gasteiger partial charge is 0.150 e. The maximum Gasteiger partial charge on any atom is 0.150 e. The third-order valence-electron chi connectivity index (χ3n) is 2.74. The maximum atomic E-state index is 11.2. The second kappa shape index (κ2) is 4.30. The second-order valence-electron chi connectivity index (χ2n) is 3.69. The Labute approximate surface area is 85.2 Å². The van der Waals surface area contributed by atoms with E-state index >= 15 is 0 Å². The lowest BCUT2D eigenvalue weighted by Gasteiger charge is -2.36. The predicted molar refractivity (Wildman–Crippen MR) is 56.5 cm³/mol. The Balaban J connectivity index is 2.62. The van der Waals surface area contributed by atoms with E-state index in [9.17, 15) is 8.42 Å². The molecule has 1 saturated heterocycles. The first-order valence-electron chi connectivity index (χ1n) is 4.63. The van der Waals surface area contributed by atoms with Gasteiger partial charge in [-0.15, -0.1) is 6.42 Å². The SMILES string of the molecule is C#CCNC1(CN)CCS(=O)(=O)CC1. The van der Waals surface area contributed by atoms with Crippen LogP contribution in [0.1, 0.15) is 12.8 Å². The molecule has 0 bridgehead atoms. The topological polar surface area (TPSA) is 72.2 Å². The van der Waals surface area contributed by atoms with Crippen molar-refractivity contribution < 1.29 is 8.42 Å². The Morgan fingerprint density at radius 1 is 1.43 bits per heavy atom. The maximum absolute atomic E-state index is 11.2. The number of hydrogen-bond donors (Lipinski definition) is 2. The van der Waals surface area contributed by atoms with Gasteiger partial charge in [0.25, 0.3) is 0 Å². The van der Waals surface area contributed by atoms with E-state index in [4.69, 9.17) is 12.2 Å². The van der Waals surface area contributed by atoms with E-state index in [1.807, 2.05) is 0 Å². The summed E-state index contributed by atoms with van der Waals surface area (Å²) in [5.74, 6) is 2.90. The molecule has 0 atom stereocenters. The number of terminal acetylenes is 1. The van der Waals surface area contributed by atoms with Gasteiger partial charge in [0, 0.05) is 12.1 Å². The summed E-state index contributed by atoms with van der Waals surface area (Å²) >= 11 is 0. The van der Waals surface area contributed by atoms with Gasteiger partial charge in [-0.25, -0.2) is 8.42 Å². The van der Waals surface area contributed by atoms with Gasteiger partial charge in [0.05, 0.1) is 18.1 Å². The van der Waals surface area contributed by atoms with Gasteiger partial charge in [-0.2, -0.15) is 0 Å². The van der Waals surface area contributed by atoms with Crippen molar-refractivity contribution in [2.75, 3.05) is 24.6 Å². The number of nitrogens with two attached hydrogens (primary N) is 1. The van der Waals surface area contributed by atoms with Gasteiger partial charge in [-0.1, -0.05) is 5.92 Å². The molecule has 0 unspecified atom stereocenters. The number of nitrogens with one attached hydrogen (secondary N) is 1. The fourth-order valence-corrected chi connectivity index (χ4v) is 3.23. The molecule has 80 valence electrons. The minimum Gasteiger partial charge on any atom is -0.329 e. The van der Waals surface area contributed by atoms with Crippen molar-refractivity contribution in [2.24, 2.45) is 5.73 Å². The molecule has 1 rings (SSSR count). The van der Waals surface area contributed by atoms with Gasteiger partial charge in [0.1, 0.15) is 9.84 Å². The van der Waals surface area contributed by atoms with Gasteiger partial charge in [-0.05, 0) is 12.8 Å². The number of rotatable bonds is 3. The van der Waals surface area contributed by atoms with Gasteiger partial charge in [0.15, 0.2) is 0 Å². The van der Waals surface area contributed by atoms with Crippen LogP contribution in [0.4, 0.5) is 0 Å². The normalized spacial score (nSPS) is 24.0. The van der Waals surface area contributed by atoms with E-state index in [0.717, 1.165) is 0 Å². The first kappa shape index (κ1) is 11.5. The first-order chi connectivity index (χ1) is 6.54. The Hall–Kier alpha value is -0.570. The van der Waals surface area contributed by atoms with Crippen LogP contribution in [0.2, 0.25) is 0 Å². The van der Waals surface area contributed by atoms with Crippen LogP contribution in [0.15, 0.2) is 0 Å². The molecule has 3 N–H and O–H groups in total. The largest absolute Gasteiger partial charge is 0.329 e. The minimum atomic E-state index is -2.84. The second-order valence-corrected chi connectivity index (χ2v) is 6.00. The minimum absolute atomic E-state index is 0.210. The summed E-state index contributed by atoms with van der Waals surface area (Å²) in [6.07, 6.45) is 6.27. The standard InChI is InChI=1S/C9H16N2O2S/c1-2-5-11-9(8-10)3-6-14(12,13)7-4-9/h1,11H,3-8,10H2. The molecular weight excluding hydrogens is 200 g/mol. The molecule has 0 aromatic rings. The third-order valence-corrected chi connectivity index (χ3v) is 4.39. The van der Waals surface area contributed by atoms with Crippen LogP contribution in [-0.4, -0.2) is 38.6 Å². The molecule has 1 aliphatic rings. The molecule has 0 aromatic heterocycles. The van der Waals surface area contributed by atoms with Crippen LogP contribution < -0.4 is 11.1 Å². The Morgan fingerprint density at radius 2 is 2.00 bits per heavy atom. The highest BCUT2D eigenvalue weighted by Crippen LogP contribution is 2.22. The van der Waals surface area contributed by atoms with Gasteiger partial charge in [-0.3, -0.25) is 5.32 Å². The summed E-state index contributed by atoms with van der Waals surface area (Å²) < 4.78 is 22.4. The van der Waals surface area contributed by atoms with Gasteiger partial charge < -0.3 is 5.73 Å². The molecule has 0 aromatic carbocycles. The average Bonchev–Trinajstić information content (AvgIpc) is 2.18. The summed E-state index contributed by atoms with van der Waals surface area (Å²) in [7, 11) is -2.84. The zero-order valence-corrected chi connectivity index (χ0v) is 8.94. The van der Waals surface area contributed by atoms with Crippen LogP contribution in [0.25, 0.3) is 0 Å². The summed E-state index contributed by atoms with van der Waals surface area (Å²) in [6.45, 7) is 0.876. The molecular formula is C9H16N2O2S. The van der Waals surface area contributed by atoms with Crippen LogP contribution in [-0.2, 0) is 9.84 Å². The van der Waals surface area contributed by atoms with E-state index in [1.165, 1.54) is 0 Å². The molecule has 4 nitrogen and oxygen atoms in total. The Bertz CT molecular complexity index is 315. The molecule has 14 heavy (non-hydrogen) atoms. The first-order valence-corrected chi connectivity index (χ1v) is 6.45. The van der Waals surface area contributed by atoms with Crippen LogP contribution in [0.5, 0.6) is 0 Å². The molecule has 0 amide bonds.